The van der Waals surface area contributed by atoms with Gasteiger partial charge in [0.15, 0.2) is 0 Å². The van der Waals surface area contributed by atoms with Crippen LogP contribution in [0, 0.1) is 19.8 Å². The van der Waals surface area contributed by atoms with Crippen LogP contribution in [-0.4, -0.2) is 11.9 Å². The summed E-state index contributed by atoms with van der Waals surface area (Å²) in [5, 5.41) is 4.00. The maximum absolute atomic E-state index is 6.22. The van der Waals surface area contributed by atoms with Gasteiger partial charge in [-0.05, 0) is 51.1 Å². The minimum absolute atomic E-state index is 0.409. The van der Waals surface area contributed by atoms with Gasteiger partial charge in [-0.1, -0.05) is 35.7 Å². The van der Waals surface area contributed by atoms with E-state index in [9.17, 15) is 0 Å². The van der Waals surface area contributed by atoms with Crippen LogP contribution in [0.5, 0.6) is 0 Å². The topological polar surface area (TPSA) is 12.0 Å². The predicted octanol–water partition coefficient (Wildman–Crippen LogP) is 4.19. The molecule has 1 saturated carbocycles. The highest BCUT2D eigenvalue weighted by molar-refractivity contribution is 6.20. The minimum atomic E-state index is 0.409. The van der Waals surface area contributed by atoms with Crippen LogP contribution in [0.4, 0.5) is 0 Å². The highest BCUT2D eigenvalue weighted by atomic mass is 35.5. The summed E-state index contributed by atoms with van der Waals surface area (Å²) in [5.41, 5.74) is 4.10. The molecule has 0 radical (unpaired) electrons. The second kappa shape index (κ2) is 6.58. The van der Waals surface area contributed by atoms with Crippen LogP contribution in [0.2, 0.25) is 0 Å². The Morgan fingerprint density at radius 3 is 2.56 bits per heavy atom. The molecular weight excluding hydrogens is 242 g/mol. The summed E-state index contributed by atoms with van der Waals surface area (Å²) in [6.07, 6.45) is 5.02. The monoisotopic (exact) mass is 265 g/mol. The average Bonchev–Trinajstić information content (AvgIpc) is 2.27. The lowest BCUT2D eigenvalue weighted by Crippen LogP contribution is -2.27. The number of hydrogen-bond acceptors (Lipinski definition) is 1. The number of alkyl halides is 1. The van der Waals surface area contributed by atoms with Gasteiger partial charge in [0.25, 0.3) is 0 Å². The summed E-state index contributed by atoms with van der Waals surface area (Å²) >= 11 is 6.22. The normalized spacial score (nSPS) is 24.2. The van der Waals surface area contributed by atoms with Crippen molar-refractivity contribution < 1.29 is 0 Å². The maximum Gasteiger partial charge on any atom is 0.0339 e. The highest BCUT2D eigenvalue weighted by Crippen LogP contribution is 2.27. The second-order valence-corrected chi connectivity index (χ2v) is 6.37. The first-order chi connectivity index (χ1) is 8.63. The molecule has 2 rings (SSSR count). The van der Waals surface area contributed by atoms with Gasteiger partial charge in [-0.3, -0.25) is 0 Å². The molecule has 2 unspecified atom stereocenters. The molecule has 0 bridgehead atoms. The quantitative estimate of drug-likeness (QED) is 0.805. The van der Waals surface area contributed by atoms with Crippen molar-refractivity contribution in [3.8, 4) is 0 Å². The van der Waals surface area contributed by atoms with Crippen molar-refractivity contribution in [1.82, 2.24) is 5.32 Å². The first-order valence-electron chi connectivity index (χ1n) is 7.05. The minimum Gasteiger partial charge on any atom is -0.312 e. The van der Waals surface area contributed by atoms with Crippen LogP contribution in [-0.2, 0) is 6.54 Å². The summed E-state index contributed by atoms with van der Waals surface area (Å²) in [7, 11) is 0. The number of benzene rings is 1. The molecule has 0 heterocycles. The van der Waals surface area contributed by atoms with E-state index in [0.29, 0.717) is 5.38 Å². The molecule has 0 aromatic heterocycles. The lowest BCUT2D eigenvalue weighted by molar-refractivity contribution is 0.346. The van der Waals surface area contributed by atoms with Gasteiger partial charge < -0.3 is 5.32 Å². The number of halogens is 1. The average molecular weight is 266 g/mol. The van der Waals surface area contributed by atoms with E-state index in [2.05, 4.69) is 37.4 Å². The van der Waals surface area contributed by atoms with Crippen LogP contribution in [0.25, 0.3) is 0 Å². The van der Waals surface area contributed by atoms with Gasteiger partial charge in [0.2, 0.25) is 0 Å². The van der Waals surface area contributed by atoms with Crippen LogP contribution in [0.15, 0.2) is 18.2 Å². The van der Waals surface area contributed by atoms with Crippen LogP contribution >= 0.6 is 11.6 Å². The van der Waals surface area contributed by atoms with Crippen molar-refractivity contribution in [2.75, 3.05) is 6.54 Å². The Bertz CT molecular complexity index is 368. The highest BCUT2D eigenvalue weighted by Gasteiger charge is 2.19. The molecule has 1 aromatic carbocycles. The zero-order chi connectivity index (χ0) is 13.0. The van der Waals surface area contributed by atoms with Crippen molar-refractivity contribution in [1.29, 1.82) is 0 Å². The number of nitrogens with one attached hydrogen (secondary N) is 1. The molecule has 1 fully saturated rings. The molecule has 1 aromatic rings. The standard InChI is InChI=1S/C16H24ClN/c1-12-6-13(2)8-15(7-12)11-18-10-14-4-3-5-16(17)9-14/h6-8,14,16,18H,3-5,9-11H2,1-2H3. The van der Waals surface area contributed by atoms with Crippen LogP contribution < -0.4 is 5.32 Å². The third kappa shape index (κ3) is 4.29. The Labute approximate surface area is 116 Å². The first-order valence-corrected chi connectivity index (χ1v) is 7.49. The summed E-state index contributed by atoms with van der Waals surface area (Å²) < 4.78 is 0. The molecule has 0 saturated heterocycles. The van der Waals surface area contributed by atoms with Gasteiger partial charge in [0, 0.05) is 11.9 Å². The fraction of sp³-hybridized carbons (Fsp3) is 0.625. The fourth-order valence-corrected chi connectivity index (χ4v) is 3.41. The Morgan fingerprint density at radius 1 is 1.17 bits per heavy atom. The van der Waals surface area contributed by atoms with Crippen molar-refractivity contribution in [2.45, 2.75) is 51.5 Å². The van der Waals surface area contributed by atoms with E-state index in [1.54, 1.807) is 0 Å². The number of aryl methyl sites for hydroxylation is 2. The predicted molar refractivity (Wildman–Crippen MR) is 79.2 cm³/mol. The molecule has 18 heavy (non-hydrogen) atoms. The molecule has 2 atom stereocenters. The van der Waals surface area contributed by atoms with E-state index in [1.807, 2.05) is 0 Å². The summed E-state index contributed by atoms with van der Waals surface area (Å²) in [4.78, 5) is 0. The molecule has 0 aliphatic heterocycles. The molecule has 0 spiro atoms. The van der Waals surface area contributed by atoms with Crippen molar-refractivity contribution in [3.63, 3.8) is 0 Å². The van der Waals surface area contributed by atoms with Gasteiger partial charge in [-0.25, -0.2) is 0 Å². The van der Waals surface area contributed by atoms with E-state index in [4.69, 9.17) is 11.6 Å². The molecule has 1 aliphatic rings. The van der Waals surface area contributed by atoms with Gasteiger partial charge in [-0.15, -0.1) is 11.6 Å². The zero-order valence-electron chi connectivity index (χ0n) is 11.5. The van der Waals surface area contributed by atoms with Crippen molar-refractivity contribution >= 4 is 11.6 Å². The SMILES string of the molecule is Cc1cc(C)cc(CNCC2CCCC(Cl)C2)c1. The van der Waals surface area contributed by atoms with E-state index in [1.165, 1.54) is 42.4 Å². The van der Waals surface area contributed by atoms with Gasteiger partial charge in [-0.2, -0.15) is 0 Å². The Morgan fingerprint density at radius 2 is 1.89 bits per heavy atom. The summed E-state index contributed by atoms with van der Waals surface area (Å²) in [6, 6.07) is 6.76. The fourth-order valence-electron chi connectivity index (χ4n) is 3.00. The van der Waals surface area contributed by atoms with Crippen LogP contribution in [0.1, 0.15) is 42.4 Å². The largest absolute Gasteiger partial charge is 0.312 e. The molecule has 0 amide bonds. The zero-order valence-corrected chi connectivity index (χ0v) is 12.3. The Kier molecular flexibility index (Phi) is 5.08. The van der Waals surface area contributed by atoms with E-state index >= 15 is 0 Å². The maximum atomic E-state index is 6.22. The second-order valence-electron chi connectivity index (χ2n) is 5.76. The lowest BCUT2D eigenvalue weighted by Gasteiger charge is -2.25. The molecule has 100 valence electrons. The van der Waals surface area contributed by atoms with Crippen molar-refractivity contribution in [2.24, 2.45) is 5.92 Å². The van der Waals surface area contributed by atoms with Crippen molar-refractivity contribution in [3.05, 3.63) is 34.9 Å². The molecule has 1 N–H and O–H groups in total. The molecule has 1 nitrogen and oxygen atoms in total. The van der Waals surface area contributed by atoms with E-state index in [0.717, 1.165) is 19.0 Å². The van der Waals surface area contributed by atoms with Gasteiger partial charge in [0.1, 0.15) is 0 Å². The Hall–Kier alpha value is -0.530. The summed E-state index contributed by atoms with van der Waals surface area (Å²) in [6.45, 7) is 6.41. The van der Waals surface area contributed by atoms with Gasteiger partial charge in [0.05, 0.1) is 0 Å². The Balaban J connectivity index is 1.77. The summed E-state index contributed by atoms with van der Waals surface area (Å²) in [5.74, 6) is 0.771. The van der Waals surface area contributed by atoms with E-state index < -0.39 is 0 Å². The third-order valence-corrected chi connectivity index (χ3v) is 4.16. The number of rotatable bonds is 4. The van der Waals surface area contributed by atoms with E-state index in [-0.39, 0.29) is 0 Å². The molecule has 2 heteroatoms. The molecule has 1 aliphatic carbocycles. The lowest BCUT2D eigenvalue weighted by atomic mass is 9.89. The third-order valence-electron chi connectivity index (χ3n) is 3.76. The van der Waals surface area contributed by atoms with Crippen LogP contribution in [0.3, 0.4) is 0 Å². The first kappa shape index (κ1) is 13.9. The molecular formula is C16H24ClN. The smallest absolute Gasteiger partial charge is 0.0339 e. The number of hydrogen-bond donors (Lipinski definition) is 1. The van der Waals surface area contributed by atoms with Gasteiger partial charge >= 0.3 is 0 Å².